The minimum absolute atomic E-state index is 0.838. The third-order valence-corrected chi connectivity index (χ3v) is 7.80. The summed E-state index contributed by atoms with van der Waals surface area (Å²) in [6.45, 7) is 0.838. The highest BCUT2D eigenvalue weighted by Crippen LogP contribution is 2.35. The number of nitrogens with zero attached hydrogens (tertiary/aromatic N) is 4. The molecule has 0 radical (unpaired) electrons. The van der Waals surface area contributed by atoms with E-state index in [-0.39, 0.29) is 0 Å². The fourth-order valence-electron chi connectivity index (χ4n) is 5.84. The van der Waals surface area contributed by atoms with Gasteiger partial charge in [-0.2, -0.15) is 0 Å². The molecule has 0 fully saturated rings. The van der Waals surface area contributed by atoms with Gasteiger partial charge in [-0.25, -0.2) is 0 Å². The molecule has 5 heteroatoms. The summed E-state index contributed by atoms with van der Waals surface area (Å²) in [5, 5.41) is 5.92. The van der Waals surface area contributed by atoms with Crippen LogP contribution in [0.15, 0.2) is 128 Å². The molecule has 194 valence electrons. The first kappa shape index (κ1) is 23.3. The zero-order chi connectivity index (χ0) is 27.2. The van der Waals surface area contributed by atoms with Crippen molar-refractivity contribution in [3.8, 4) is 39.3 Å². The number of benzene rings is 3. The summed E-state index contributed by atoms with van der Waals surface area (Å²) >= 11 is 0. The molecule has 5 nitrogen and oxygen atoms in total. The molecular formula is C36H25N5. The second kappa shape index (κ2) is 9.57. The van der Waals surface area contributed by atoms with E-state index in [0.29, 0.717) is 0 Å². The predicted molar refractivity (Wildman–Crippen MR) is 168 cm³/mol. The molecule has 0 atom stereocenters. The molecule has 41 heavy (non-hydrogen) atoms. The number of pyridine rings is 3. The molecule has 1 aliphatic rings. The summed E-state index contributed by atoms with van der Waals surface area (Å²) in [7, 11) is 0. The van der Waals surface area contributed by atoms with Crippen LogP contribution in [-0.2, 0) is 0 Å². The van der Waals surface area contributed by atoms with Gasteiger partial charge in [0.15, 0.2) is 0 Å². The third kappa shape index (κ3) is 3.98. The lowest BCUT2D eigenvalue weighted by atomic mass is 9.99. The van der Waals surface area contributed by atoms with Gasteiger partial charge in [0.25, 0.3) is 0 Å². The molecule has 0 saturated carbocycles. The van der Waals surface area contributed by atoms with Crippen molar-refractivity contribution in [3.63, 3.8) is 0 Å². The van der Waals surface area contributed by atoms with Crippen LogP contribution in [0.5, 0.6) is 0 Å². The van der Waals surface area contributed by atoms with Crippen molar-refractivity contribution >= 4 is 33.6 Å². The van der Waals surface area contributed by atoms with Gasteiger partial charge in [-0.3, -0.25) is 15.0 Å². The summed E-state index contributed by atoms with van der Waals surface area (Å²) in [4.78, 5) is 14.0. The maximum atomic E-state index is 4.79. The summed E-state index contributed by atoms with van der Waals surface area (Å²) in [5.41, 5.74) is 11.8. The number of nitrogens with one attached hydrogen (secondary N) is 1. The van der Waals surface area contributed by atoms with Crippen LogP contribution in [0, 0.1) is 0 Å². The lowest BCUT2D eigenvalue weighted by Gasteiger charge is -2.17. The molecule has 3 aromatic carbocycles. The Morgan fingerprint density at radius 1 is 0.634 bits per heavy atom. The molecule has 4 aromatic heterocycles. The Kier molecular flexibility index (Phi) is 5.45. The minimum Gasteiger partial charge on any atom is -0.381 e. The van der Waals surface area contributed by atoms with E-state index in [4.69, 9.17) is 9.97 Å². The van der Waals surface area contributed by atoms with Gasteiger partial charge in [-0.15, -0.1) is 0 Å². The average Bonchev–Trinajstić information content (AvgIpc) is 3.39. The van der Waals surface area contributed by atoms with E-state index in [1.807, 2.05) is 36.9 Å². The smallest absolute Gasteiger partial charge is 0.0886 e. The Morgan fingerprint density at radius 3 is 2.29 bits per heavy atom. The Hall–Kier alpha value is -5.55. The standard InChI is InChI=1S/C36H25N5/c1-2-12-34-30(10-1)31-17-19-37-23-35(31)41(34)28-9-3-7-25(20-28)26-13-15-32(39-21-26)33-16-14-27(22-40-33)29-11-4-6-24-8-5-18-38-36(24)29/h1-17,19-23,38H,18H2. The molecule has 0 amide bonds. The van der Waals surface area contributed by atoms with Gasteiger partial charge >= 0.3 is 0 Å². The van der Waals surface area contributed by atoms with Crippen LogP contribution in [-0.4, -0.2) is 26.1 Å². The highest BCUT2D eigenvalue weighted by molar-refractivity contribution is 6.09. The Morgan fingerprint density at radius 2 is 1.44 bits per heavy atom. The topological polar surface area (TPSA) is 55.6 Å². The van der Waals surface area contributed by atoms with Gasteiger partial charge in [-0.1, -0.05) is 72.8 Å². The molecule has 0 aliphatic carbocycles. The highest BCUT2D eigenvalue weighted by Gasteiger charge is 2.14. The van der Waals surface area contributed by atoms with Crippen LogP contribution in [0.1, 0.15) is 5.56 Å². The molecule has 1 aliphatic heterocycles. The fraction of sp³-hybridized carbons (Fsp3) is 0.0278. The molecule has 0 unspecified atom stereocenters. The first-order valence-electron chi connectivity index (χ1n) is 13.7. The van der Waals surface area contributed by atoms with Gasteiger partial charge in [0, 0.05) is 64.0 Å². The average molecular weight is 528 g/mol. The summed E-state index contributed by atoms with van der Waals surface area (Å²) in [6.07, 6.45) is 12.0. The van der Waals surface area contributed by atoms with Crippen LogP contribution in [0.3, 0.4) is 0 Å². The highest BCUT2D eigenvalue weighted by atomic mass is 15.0. The van der Waals surface area contributed by atoms with Crippen molar-refractivity contribution < 1.29 is 0 Å². The lowest BCUT2D eigenvalue weighted by molar-refractivity contribution is 1.17. The van der Waals surface area contributed by atoms with E-state index in [2.05, 4.69) is 112 Å². The molecule has 0 bridgehead atoms. The van der Waals surface area contributed by atoms with E-state index >= 15 is 0 Å². The van der Waals surface area contributed by atoms with E-state index in [1.165, 1.54) is 21.9 Å². The van der Waals surface area contributed by atoms with Crippen molar-refractivity contribution in [2.75, 3.05) is 11.9 Å². The maximum Gasteiger partial charge on any atom is 0.0886 e. The van der Waals surface area contributed by atoms with Gasteiger partial charge in [0.05, 0.1) is 28.6 Å². The van der Waals surface area contributed by atoms with Crippen molar-refractivity contribution in [3.05, 3.63) is 133 Å². The van der Waals surface area contributed by atoms with Crippen molar-refractivity contribution in [2.45, 2.75) is 0 Å². The van der Waals surface area contributed by atoms with Crippen LogP contribution < -0.4 is 5.32 Å². The fourth-order valence-corrected chi connectivity index (χ4v) is 5.84. The molecule has 0 spiro atoms. The number of para-hydroxylation sites is 2. The molecule has 5 heterocycles. The zero-order valence-electron chi connectivity index (χ0n) is 22.2. The van der Waals surface area contributed by atoms with Gasteiger partial charge in [0.1, 0.15) is 0 Å². The summed E-state index contributed by atoms with van der Waals surface area (Å²) in [6, 6.07) is 33.9. The van der Waals surface area contributed by atoms with Gasteiger partial charge in [-0.05, 0) is 47.5 Å². The van der Waals surface area contributed by atoms with Crippen LogP contribution >= 0.6 is 0 Å². The predicted octanol–water partition coefficient (Wildman–Crippen LogP) is 8.41. The van der Waals surface area contributed by atoms with E-state index in [1.54, 1.807) is 0 Å². The first-order chi connectivity index (χ1) is 20.3. The monoisotopic (exact) mass is 527 g/mol. The zero-order valence-corrected chi connectivity index (χ0v) is 22.2. The number of anilines is 1. The first-order valence-corrected chi connectivity index (χ1v) is 13.7. The summed E-state index contributed by atoms with van der Waals surface area (Å²) in [5.74, 6) is 0. The van der Waals surface area contributed by atoms with E-state index in [9.17, 15) is 0 Å². The number of rotatable bonds is 4. The number of hydrogen-bond acceptors (Lipinski definition) is 4. The Labute approximate surface area is 237 Å². The van der Waals surface area contributed by atoms with Crippen molar-refractivity contribution in [1.82, 2.24) is 19.5 Å². The van der Waals surface area contributed by atoms with Crippen LogP contribution in [0.25, 0.3) is 67.2 Å². The van der Waals surface area contributed by atoms with E-state index < -0.39 is 0 Å². The third-order valence-electron chi connectivity index (χ3n) is 7.80. The number of fused-ring (bicyclic) bond motifs is 4. The molecular weight excluding hydrogens is 502 g/mol. The number of aromatic nitrogens is 4. The molecule has 0 saturated heterocycles. The molecule has 8 rings (SSSR count). The van der Waals surface area contributed by atoms with Crippen molar-refractivity contribution in [2.24, 2.45) is 0 Å². The second-order valence-corrected chi connectivity index (χ2v) is 10.2. The van der Waals surface area contributed by atoms with E-state index in [0.717, 1.165) is 57.1 Å². The lowest BCUT2D eigenvalue weighted by Crippen LogP contribution is -2.05. The van der Waals surface area contributed by atoms with Crippen LogP contribution in [0.2, 0.25) is 0 Å². The quantitative estimate of drug-likeness (QED) is 0.250. The summed E-state index contributed by atoms with van der Waals surface area (Å²) < 4.78 is 2.28. The van der Waals surface area contributed by atoms with Gasteiger partial charge < -0.3 is 9.88 Å². The van der Waals surface area contributed by atoms with Crippen molar-refractivity contribution in [1.29, 1.82) is 0 Å². The Bertz CT molecular complexity index is 2030. The molecule has 7 aromatic rings. The largest absolute Gasteiger partial charge is 0.381 e. The SMILES string of the molecule is C1=Cc2cccc(-c3ccc(-c4ccc(-c5cccc(-n6c7ccccc7c7ccncc76)c5)cn4)nc3)c2NC1. The normalized spacial score (nSPS) is 12.4. The minimum atomic E-state index is 0.838. The number of hydrogen-bond donors (Lipinski definition) is 1. The maximum absolute atomic E-state index is 4.79. The Balaban J connectivity index is 1.11. The van der Waals surface area contributed by atoms with Gasteiger partial charge in [0.2, 0.25) is 0 Å². The molecule has 1 N–H and O–H groups in total. The second-order valence-electron chi connectivity index (χ2n) is 10.2. The van der Waals surface area contributed by atoms with Crippen LogP contribution in [0.4, 0.5) is 5.69 Å².